The first-order valence-electron chi connectivity index (χ1n) is 11.7. The van der Waals surface area contributed by atoms with Gasteiger partial charge in [0, 0.05) is 17.6 Å². The molecule has 0 aliphatic heterocycles. The smallest absolute Gasteiger partial charge is 0.253 e. The van der Waals surface area contributed by atoms with Gasteiger partial charge in [0.05, 0.1) is 12.1 Å². The summed E-state index contributed by atoms with van der Waals surface area (Å²) in [6, 6.07) is 7.27. The van der Waals surface area contributed by atoms with Gasteiger partial charge >= 0.3 is 0 Å². The van der Waals surface area contributed by atoms with E-state index in [0.29, 0.717) is 18.6 Å². The van der Waals surface area contributed by atoms with E-state index in [1.807, 2.05) is 0 Å². The van der Waals surface area contributed by atoms with Gasteiger partial charge in [-0.05, 0) is 74.8 Å². The predicted molar refractivity (Wildman–Crippen MR) is 129 cm³/mol. The summed E-state index contributed by atoms with van der Waals surface area (Å²) in [4.78, 5) is 18.4. The maximum Gasteiger partial charge on any atom is 0.253 e. The minimum Gasteiger partial charge on any atom is -0.360 e. The van der Waals surface area contributed by atoms with E-state index in [1.54, 1.807) is 0 Å². The van der Waals surface area contributed by atoms with Crippen LogP contribution in [0, 0.1) is 13.8 Å². The second kappa shape index (κ2) is 9.51. The number of benzene rings is 1. The van der Waals surface area contributed by atoms with Crippen molar-refractivity contribution in [2.45, 2.75) is 96.7 Å². The maximum absolute atomic E-state index is 13.0. The molecule has 4 rings (SSSR count). The summed E-state index contributed by atoms with van der Waals surface area (Å²) in [5.41, 5.74) is 4.10. The zero-order chi connectivity index (χ0) is 21.1. The van der Waals surface area contributed by atoms with Crippen LogP contribution in [-0.2, 0) is 6.54 Å². The molecule has 2 aromatic rings. The van der Waals surface area contributed by atoms with E-state index in [4.69, 9.17) is 12.2 Å². The molecule has 0 bridgehead atoms. The highest BCUT2D eigenvalue weighted by Crippen LogP contribution is 2.26. The first-order valence-corrected chi connectivity index (χ1v) is 12.1. The Morgan fingerprint density at radius 2 is 1.70 bits per heavy atom. The first kappa shape index (κ1) is 21.4. The number of nitrogens with zero attached hydrogens (tertiary/aromatic N) is 1. The molecule has 0 spiro atoms. The Bertz CT molecular complexity index is 955. The fraction of sp³-hybridized carbons (Fsp3) is 0.600. The Balaban J connectivity index is 1.61. The predicted octanol–water partition coefficient (Wildman–Crippen LogP) is 5.49. The Kier molecular flexibility index (Phi) is 6.77. The number of nitrogens with one attached hydrogen (secondary N) is 2. The van der Waals surface area contributed by atoms with Gasteiger partial charge in [0.15, 0.2) is 5.11 Å². The number of fused-ring (bicyclic) bond motifs is 1. The summed E-state index contributed by atoms with van der Waals surface area (Å²) in [6.45, 7) is 4.75. The largest absolute Gasteiger partial charge is 0.360 e. The van der Waals surface area contributed by atoms with Crippen molar-refractivity contribution in [2.75, 3.05) is 0 Å². The first-order chi connectivity index (χ1) is 14.5. The van der Waals surface area contributed by atoms with E-state index in [9.17, 15) is 4.79 Å². The van der Waals surface area contributed by atoms with Gasteiger partial charge in [-0.1, -0.05) is 50.2 Å². The molecule has 0 unspecified atom stereocenters. The molecule has 0 saturated heterocycles. The third-order valence-electron chi connectivity index (χ3n) is 6.92. The number of aromatic nitrogens is 1. The van der Waals surface area contributed by atoms with E-state index < -0.39 is 0 Å². The summed E-state index contributed by atoms with van der Waals surface area (Å²) in [5.74, 6) is 0. The van der Waals surface area contributed by atoms with Crippen molar-refractivity contribution in [1.82, 2.24) is 15.2 Å². The van der Waals surface area contributed by atoms with Crippen LogP contribution in [0.1, 0.15) is 80.9 Å². The Morgan fingerprint density at radius 3 is 2.40 bits per heavy atom. The van der Waals surface area contributed by atoms with Gasteiger partial charge in [0.2, 0.25) is 0 Å². The second-order valence-electron chi connectivity index (χ2n) is 9.37. The molecule has 1 aromatic heterocycles. The number of rotatable bonds is 4. The number of hydrogen-bond donors (Lipinski definition) is 2. The monoisotopic (exact) mass is 425 g/mol. The fourth-order valence-electron chi connectivity index (χ4n) is 5.30. The summed E-state index contributed by atoms with van der Waals surface area (Å²) < 4.78 is 0. The zero-order valence-electron chi connectivity index (χ0n) is 18.4. The Morgan fingerprint density at radius 1 is 1.03 bits per heavy atom. The van der Waals surface area contributed by atoms with Crippen LogP contribution in [0.5, 0.6) is 0 Å². The molecule has 2 N–H and O–H groups in total. The van der Waals surface area contributed by atoms with Crippen molar-refractivity contribution >= 4 is 28.2 Å². The van der Waals surface area contributed by atoms with Crippen molar-refractivity contribution in [3.05, 3.63) is 45.2 Å². The molecule has 162 valence electrons. The highest BCUT2D eigenvalue weighted by atomic mass is 32.1. The van der Waals surface area contributed by atoms with E-state index in [1.165, 1.54) is 56.9 Å². The standard InChI is InChI=1S/C25H35N3OS/c1-17-13-18(2)23-19(14-17)15-20(24(29)27-23)16-28(22-11-7-4-8-12-22)25(30)26-21-9-5-3-6-10-21/h13-15,21-22H,3-12,16H2,1-2H3,(H,26,30)(H,27,29). The van der Waals surface area contributed by atoms with Crippen molar-refractivity contribution in [3.63, 3.8) is 0 Å². The van der Waals surface area contributed by atoms with Crippen molar-refractivity contribution in [1.29, 1.82) is 0 Å². The van der Waals surface area contributed by atoms with Gasteiger partial charge in [-0.15, -0.1) is 0 Å². The molecule has 2 saturated carbocycles. The van der Waals surface area contributed by atoms with Crippen LogP contribution in [-0.4, -0.2) is 27.1 Å². The molecule has 0 radical (unpaired) electrons. The number of thiocarbonyl (C=S) groups is 1. The van der Waals surface area contributed by atoms with Crippen LogP contribution in [0.15, 0.2) is 23.0 Å². The van der Waals surface area contributed by atoms with E-state index >= 15 is 0 Å². The van der Waals surface area contributed by atoms with Crippen molar-refractivity contribution in [3.8, 4) is 0 Å². The lowest BCUT2D eigenvalue weighted by Crippen LogP contribution is -2.50. The van der Waals surface area contributed by atoms with Gasteiger partial charge in [-0.25, -0.2) is 0 Å². The topological polar surface area (TPSA) is 48.1 Å². The van der Waals surface area contributed by atoms with E-state index in [0.717, 1.165) is 40.0 Å². The van der Waals surface area contributed by atoms with Gasteiger partial charge in [-0.3, -0.25) is 4.79 Å². The lowest BCUT2D eigenvalue weighted by Gasteiger charge is -2.38. The molecule has 0 atom stereocenters. The minimum atomic E-state index is 0.00993. The van der Waals surface area contributed by atoms with Crippen molar-refractivity contribution in [2.24, 2.45) is 0 Å². The molecule has 2 aliphatic carbocycles. The van der Waals surface area contributed by atoms with Crippen LogP contribution >= 0.6 is 12.2 Å². The lowest BCUT2D eigenvalue weighted by atomic mass is 9.93. The molecular formula is C25H35N3OS. The van der Waals surface area contributed by atoms with Gasteiger partial charge < -0.3 is 15.2 Å². The molecule has 2 fully saturated rings. The van der Waals surface area contributed by atoms with Gasteiger partial charge in [0.25, 0.3) is 5.56 Å². The molecule has 4 nitrogen and oxygen atoms in total. The Labute approximate surface area is 185 Å². The van der Waals surface area contributed by atoms with E-state index in [-0.39, 0.29) is 5.56 Å². The Hall–Kier alpha value is -1.88. The van der Waals surface area contributed by atoms with E-state index in [2.05, 4.69) is 47.2 Å². The molecule has 30 heavy (non-hydrogen) atoms. The molecule has 1 aromatic carbocycles. The molecule has 2 aliphatic rings. The lowest BCUT2D eigenvalue weighted by molar-refractivity contribution is 0.230. The quantitative estimate of drug-likeness (QED) is 0.636. The summed E-state index contributed by atoms with van der Waals surface area (Å²) in [7, 11) is 0. The average Bonchev–Trinajstić information content (AvgIpc) is 2.74. The van der Waals surface area contributed by atoms with Crippen LogP contribution in [0.3, 0.4) is 0 Å². The molecule has 5 heteroatoms. The maximum atomic E-state index is 13.0. The van der Waals surface area contributed by atoms with Gasteiger partial charge in [-0.2, -0.15) is 0 Å². The highest BCUT2D eigenvalue weighted by Gasteiger charge is 2.26. The third-order valence-corrected chi connectivity index (χ3v) is 7.27. The zero-order valence-corrected chi connectivity index (χ0v) is 19.2. The second-order valence-corrected chi connectivity index (χ2v) is 9.76. The average molecular weight is 426 g/mol. The number of hydrogen-bond acceptors (Lipinski definition) is 2. The highest BCUT2D eigenvalue weighted by molar-refractivity contribution is 7.80. The van der Waals surface area contributed by atoms with Crippen LogP contribution in [0.4, 0.5) is 0 Å². The number of aryl methyl sites for hydroxylation is 2. The summed E-state index contributed by atoms with van der Waals surface area (Å²) >= 11 is 5.92. The SMILES string of the molecule is Cc1cc(C)c2[nH]c(=O)c(CN(C(=S)NC3CCCCC3)C3CCCCC3)cc2c1. The van der Waals surface area contributed by atoms with Crippen molar-refractivity contribution < 1.29 is 0 Å². The van der Waals surface area contributed by atoms with Crippen LogP contribution < -0.4 is 10.9 Å². The number of H-pyrrole nitrogens is 1. The molecule has 1 heterocycles. The fourth-order valence-corrected chi connectivity index (χ4v) is 5.68. The minimum absolute atomic E-state index is 0.00993. The van der Waals surface area contributed by atoms with Crippen LogP contribution in [0.25, 0.3) is 10.9 Å². The number of pyridine rings is 1. The molecule has 0 amide bonds. The third kappa shape index (κ3) is 4.88. The molecular weight excluding hydrogens is 390 g/mol. The summed E-state index contributed by atoms with van der Waals surface area (Å²) in [5, 5.41) is 5.61. The summed E-state index contributed by atoms with van der Waals surface area (Å²) in [6.07, 6.45) is 12.4. The van der Waals surface area contributed by atoms with Crippen LogP contribution in [0.2, 0.25) is 0 Å². The normalized spacial score (nSPS) is 18.5. The number of aromatic amines is 1. The van der Waals surface area contributed by atoms with Gasteiger partial charge in [0.1, 0.15) is 0 Å².